The van der Waals surface area contributed by atoms with E-state index < -0.39 is 10.4 Å². The number of unbranched alkanes of at least 4 members (excludes halogenated alkanes) is 24. The van der Waals surface area contributed by atoms with Gasteiger partial charge in [-0.3, -0.25) is 4.55 Å². The summed E-state index contributed by atoms with van der Waals surface area (Å²) in [5.74, 6) is 0. The summed E-state index contributed by atoms with van der Waals surface area (Å²) in [7, 11) is -4.37. The fourth-order valence-electron chi connectivity index (χ4n) is 5.42. The predicted octanol–water partition coefficient (Wildman–Crippen LogP) is 12.1. The molecule has 42 heavy (non-hydrogen) atoms. The number of allylic oxidation sites excluding steroid dienone is 2. The number of rotatable bonds is 32. The van der Waals surface area contributed by atoms with Crippen LogP contribution in [-0.2, 0) is 14.6 Å². The van der Waals surface area contributed by atoms with Gasteiger partial charge >= 0.3 is 10.4 Å². The van der Waals surface area contributed by atoms with Gasteiger partial charge in [0.05, 0.1) is 6.10 Å². The van der Waals surface area contributed by atoms with E-state index in [1.807, 2.05) is 0 Å². The molecule has 254 valence electrons. The average molecular weight is 619 g/mol. The monoisotopic (exact) mass is 619 g/mol. The third-order valence-electron chi connectivity index (χ3n) is 7.93. The van der Waals surface area contributed by atoms with E-state index in [2.05, 4.69) is 26.0 Å². The first-order valence-corrected chi connectivity index (χ1v) is 19.7. The maximum absolute atomic E-state index is 11.3. The van der Waals surface area contributed by atoms with Crippen molar-refractivity contribution in [1.29, 1.82) is 0 Å². The Bertz CT molecular complexity index is 620. The highest BCUT2D eigenvalue weighted by Crippen LogP contribution is 2.19. The van der Waals surface area contributed by atoms with Gasteiger partial charge in [0.15, 0.2) is 0 Å². The zero-order chi connectivity index (χ0) is 31.4. The normalized spacial score (nSPS) is 12.5. The smallest absolute Gasteiger partial charge is 0.397 e. The maximum atomic E-state index is 11.3. The van der Waals surface area contributed by atoms with E-state index in [1.54, 1.807) is 6.92 Å². The summed E-state index contributed by atoms with van der Waals surface area (Å²) >= 11 is 0. The van der Waals surface area contributed by atoms with Crippen LogP contribution in [0.2, 0.25) is 0 Å². The number of hydrogen-bond acceptors (Lipinski definition) is 4. The van der Waals surface area contributed by atoms with E-state index in [1.165, 1.54) is 148 Å². The summed E-state index contributed by atoms with van der Waals surface area (Å²) in [4.78, 5) is 0. The van der Waals surface area contributed by atoms with Gasteiger partial charge in [-0.1, -0.05) is 174 Å². The maximum Gasteiger partial charge on any atom is 0.397 e. The Labute approximate surface area is 264 Å². The standard InChI is InChI=1S/C34H68O4S.C2H6O/c1-3-5-7-9-11-13-15-17-18-19-21-23-25-27-29-31-33-34(38-39(35,36)37)32-30-28-26-24-22-20-16-14-12-10-8-6-4-2;1-2-3/h17-18,34H,3-16,19-33H2,1-2H3,(H,35,36,37);3H,2H2,1H3/b18-17-;. The lowest BCUT2D eigenvalue weighted by Crippen LogP contribution is -2.18. The molecule has 0 saturated heterocycles. The fourth-order valence-corrected chi connectivity index (χ4v) is 5.96. The van der Waals surface area contributed by atoms with Crippen LogP contribution in [0, 0.1) is 0 Å². The Hall–Kier alpha value is -0.430. The van der Waals surface area contributed by atoms with Gasteiger partial charge < -0.3 is 5.11 Å². The molecule has 0 heterocycles. The second kappa shape index (κ2) is 36.8. The minimum atomic E-state index is -4.37. The average Bonchev–Trinajstić information content (AvgIpc) is 2.94. The second-order valence-electron chi connectivity index (χ2n) is 12.2. The molecule has 6 heteroatoms. The largest absolute Gasteiger partial charge is 0.397 e. The molecular formula is C36H74O5S. The summed E-state index contributed by atoms with van der Waals surface area (Å²) in [6.45, 7) is 6.46. The van der Waals surface area contributed by atoms with E-state index in [0.29, 0.717) is 0 Å². The van der Waals surface area contributed by atoms with Crippen LogP contribution < -0.4 is 0 Å². The number of aliphatic hydroxyl groups is 1. The quantitative estimate of drug-likeness (QED) is 0.0445. The molecule has 0 fully saturated rings. The molecule has 1 unspecified atom stereocenters. The molecule has 0 aliphatic rings. The summed E-state index contributed by atoms with van der Waals surface area (Å²) < 4.78 is 36.7. The van der Waals surface area contributed by atoms with Crippen molar-refractivity contribution in [3.63, 3.8) is 0 Å². The molecular weight excluding hydrogens is 544 g/mol. The van der Waals surface area contributed by atoms with Crippen molar-refractivity contribution >= 4 is 10.4 Å². The van der Waals surface area contributed by atoms with E-state index in [-0.39, 0.29) is 12.7 Å². The Morgan fingerprint density at radius 2 is 0.762 bits per heavy atom. The van der Waals surface area contributed by atoms with Crippen molar-refractivity contribution in [2.45, 2.75) is 213 Å². The molecule has 1 atom stereocenters. The van der Waals surface area contributed by atoms with Gasteiger partial charge in [0.2, 0.25) is 0 Å². The molecule has 0 aromatic carbocycles. The molecule has 2 N–H and O–H groups in total. The van der Waals surface area contributed by atoms with E-state index in [0.717, 1.165) is 38.5 Å². The lowest BCUT2D eigenvalue weighted by Gasteiger charge is -2.15. The van der Waals surface area contributed by atoms with Crippen LogP contribution in [-0.4, -0.2) is 30.8 Å². The highest BCUT2D eigenvalue weighted by atomic mass is 32.3. The zero-order valence-corrected chi connectivity index (χ0v) is 29.3. The molecule has 0 aromatic rings. The van der Waals surface area contributed by atoms with Crippen LogP contribution in [0.5, 0.6) is 0 Å². The Kier molecular flexibility index (Phi) is 38.2. The van der Waals surface area contributed by atoms with Crippen molar-refractivity contribution in [1.82, 2.24) is 0 Å². The Morgan fingerprint density at radius 3 is 1.05 bits per heavy atom. The molecule has 5 nitrogen and oxygen atoms in total. The van der Waals surface area contributed by atoms with Crippen LogP contribution in [0.3, 0.4) is 0 Å². The topological polar surface area (TPSA) is 83.8 Å². The van der Waals surface area contributed by atoms with Crippen molar-refractivity contribution < 1.29 is 22.3 Å². The highest BCUT2D eigenvalue weighted by molar-refractivity contribution is 7.80. The zero-order valence-electron chi connectivity index (χ0n) is 28.5. The molecule has 0 spiro atoms. The molecule has 0 aromatic heterocycles. The minimum Gasteiger partial charge on any atom is -0.397 e. The van der Waals surface area contributed by atoms with Gasteiger partial charge in [-0.2, -0.15) is 8.42 Å². The Morgan fingerprint density at radius 1 is 0.500 bits per heavy atom. The van der Waals surface area contributed by atoms with Gasteiger partial charge in [0, 0.05) is 6.61 Å². The first-order chi connectivity index (χ1) is 20.4. The molecule has 0 rings (SSSR count). The van der Waals surface area contributed by atoms with Crippen molar-refractivity contribution in [3.05, 3.63) is 12.2 Å². The van der Waals surface area contributed by atoms with Crippen molar-refractivity contribution in [3.8, 4) is 0 Å². The summed E-state index contributed by atoms with van der Waals surface area (Å²) in [5.41, 5.74) is 0. The highest BCUT2D eigenvalue weighted by Gasteiger charge is 2.16. The summed E-state index contributed by atoms with van der Waals surface area (Å²) in [6.07, 6.45) is 40.4. The van der Waals surface area contributed by atoms with E-state index >= 15 is 0 Å². The van der Waals surface area contributed by atoms with Crippen LogP contribution >= 0.6 is 0 Å². The van der Waals surface area contributed by atoms with Crippen molar-refractivity contribution in [2.24, 2.45) is 0 Å². The molecule has 0 aliphatic carbocycles. The van der Waals surface area contributed by atoms with E-state index in [9.17, 15) is 13.0 Å². The molecule has 0 radical (unpaired) electrons. The third-order valence-corrected chi connectivity index (χ3v) is 8.44. The summed E-state index contributed by atoms with van der Waals surface area (Å²) in [5, 5.41) is 7.57. The van der Waals surface area contributed by atoms with Gasteiger partial charge in [-0.25, -0.2) is 4.18 Å². The van der Waals surface area contributed by atoms with Crippen LogP contribution in [0.4, 0.5) is 0 Å². The molecule has 0 saturated carbocycles. The van der Waals surface area contributed by atoms with E-state index in [4.69, 9.17) is 9.29 Å². The predicted molar refractivity (Wildman–Crippen MR) is 184 cm³/mol. The number of hydrogen-bond donors (Lipinski definition) is 2. The number of aliphatic hydroxyl groups excluding tert-OH is 1. The lowest BCUT2D eigenvalue weighted by atomic mass is 10.0. The van der Waals surface area contributed by atoms with Gasteiger partial charge in [-0.05, 0) is 45.4 Å². The van der Waals surface area contributed by atoms with Gasteiger partial charge in [0.1, 0.15) is 0 Å². The van der Waals surface area contributed by atoms with Gasteiger partial charge in [-0.15, -0.1) is 0 Å². The SMILES string of the molecule is CCCCCCCC/C=C\CCCCCCCCC(CCCCCCCCCCCCCCC)OS(=O)(=O)O.CCO. The minimum absolute atomic E-state index is 0.250. The molecule has 0 amide bonds. The van der Waals surface area contributed by atoms with Crippen LogP contribution in [0.1, 0.15) is 207 Å². The molecule has 0 bridgehead atoms. The lowest BCUT2D eigenvalue weighted by molar-refractivity contribution is 0.157. The van der Waals surface area contributed by atoms with Gasteiger partial charge in [0.25, 0.3) is 0 Å². The molecule has 0 aliphatic heterocycles. The summed E-state index contributed by atoms with van der Waals surface area (Å²) in [6, 6.07) is 0. The Balaban J connectivity index is 0. The van der Waals surface area contributed by atoms with Crippen molar-refractivity contribution in [2.75, 3.05) is 6.61 Å². The van der Waals surface area contributed by atoms with Crippen LogP contribution in [0.15, 0.2) is 12.2 Å². The third kappa shape index (κ3) is 41.7. The fraction of sp³-hybridized carbons (Fsp3) is 0.944. The first kappa shape index (κ1) is 43.7. The second-order valence-corrected chi connectivity index (χ2v) is 13.3. The van der Waals surface area contributed by atoms with Crippen LogP contribution in [0.25, 0.3) is 0 Å². The first-order valence-electron chi connectivity index (χ1n) is 18.3.